The maximum Gasteiger partial charge on any atom is 0.322 e. The highest BCUT2D eigenvalue weighted by Gasteiger charge is 2.54. The number of fused-ring (bicyclic) bond motifs is 1. The van der Waals surface area contributed by atoms with Gasteiger partial charge >= 0.3 is 6.03 Å². The number of nitrogens with zero attached hydrogens (tertiary/aromatic N) is 3. The Kier molecular flexibility index (Phi) is 6.17. The van der Waals surface area contributed by atoms with E-state index in [2.05, 4.69) is 22.1 Å². The predicted octanol–water partition coefficient (Wildman–Crippen LogP) is 2.82. The number of nitrogens with one attached hydrogen (secondary N) is 1. The zero-order valence-electron chi connectivity index (χ0n) is 18.8. The van der Waals surface area contributed by atoms with E-state index in [9.17, 15) is 19.1 Å². The van der Waals surface area contributed by atoms with Gasteiger partial charge in [0.15, 0.2) is 0 Å². The van der Waals surface area contributed by atoms with Crippen LogP contribution in [0.4, 0.5) is 14.9 Å². The van der Waals surface area contributed by atoms with Crippen molar-refractivity contribution >= 4 is 17.6 Å². The zero-order chi connectivity index (χ0) is 24.4. The van der Waals surface area contributed by atoms with Crippen LogP contribution >= 0.6 is 0 Å². The number of rotatable bonds is 3. The second-order valence-electron chi connectivity index (χ2n) is 8.58. The highest BCUT2D eigenvalue weighted by molar-refractivity contribution is 5.93. The SMILES string of the molecule is O=C(Nc1ccc(F)cc1)N1CC(=O)N2[C@H](C1)[C@@H](c1ccc(C#Cc3cccnc3)cc1)[C@@H]2CO. The number of urea groups is 1. The van der Waals surface area contributed by atoms with Gasteiger partial charge in [-0.1, -0.05) is 24.0 Å². The first-order valence-corrected chi connectivity index (χ1v) is 11.3. The molecular weight excluding hydrogens is 447 g/mol. The molecule has 35 heavy (non-hydrogen) atoms. The number of anilines is 1. The highest BCUT2D eigenvalue weighted by Crippen LogP contribution is 2.43. The molecule has 2 aliphatic rings. The summed E-state index contributed by atoms with van der Waals surface area (Å²) < 4.78 is 13.1. The van der Waals surface area contributed by atoms with Crippen LogP contribution in [0.3, 0.4) is 0 Å². The summed E-state index contributed by atoms with van der Waals surface area (Å²) in [5.41, 5.74) is 3.10. The first-order chi connectivity index (χ1) is 17.0. The summed E-state index contributed by atoms with van der Waals surface area (Å²) in [6, 6.07) is 15.9. The Hall–Kier alpha value is -4.22. The number of pyridine rings is 1. The van der Waals surface area contributed by atoms with Crippen molar-refractivity contribution in [3.05, 3.63) is 95.6 Å². The number of carbonyl (C=O) groups is 2. The van der Waals surface area contributed by atoms with Crippen LogP contribution in [0.25, 0.3) is 0 Å². The van der Waals surface area contributed by atoms with Crippen LogP contribution in [-0.2, 0) is 4.79 Å². The van der Waals surface area contributed by atoms with Crippen LogP contribution in [0.15, 0.2) is 73.1 Å². The molecule has 2 aromatic carbocycles. The first kappa shape index (κ1) is 22.6. The summed E-state index contributed by atoms with van der Waals surface area (Å²) in [4.78, 5) is 32.8. The van der Waals surface area contributed by atoms with E-state index >= 15 is 0 Å². The molecule has 176 valence electrons. The molecule has 3 atom stereocenters. The highest BCUT2D eigenvalue weighted by atomic mass is 19.1. The number of piperazine rings is 1. The van der Waals surface area contributed by atoms with Gasteiger partial charge in [0.05, 0.1) is 18.7 Å². The zero-order valence-corrected chi connectivity index (χ0v) is 18.8. The lowest BCUT2D eigenvalue weighted by Crippen LogP contribution is -2.73. The summed E-state index contributed by atoms with van der Waals surface area (Å²) >= 11 is 0. The fourth-order valence-electron chi connectivity index (χ4n) is 4.76. The van der Waals surface area contributed by atoms with Gasteiger partial charge in [-0.15, -0.1) is 0 Å². The molecule has 5 rings (SSSR count). The number of amides is 3. The van der Waals surface area contributed by atoms with Gasteiger partial charge in [0.1, 0.15) is 12.4 Å². The van der Waals surface area contributed by atoms with Gasteiger partial charge in [0, 0.05) is 41.7 Å². The molecule has 2 N–H and O–H groups in total. The van der Waals surface area contributed by atoms with Crippen molar-refractivity contribution in [3.8, 4) is 11.8 Å². The van der Waals surface area contributed by atoms with Crippen LogP contribution in [0.5, 0.6) is 0 Å². The summed E-state index contributed by atoms with van der Waals surface area (Å²) in [5.74, 6) is 5.48. The van der Waals surface area contributed by atoms with E-state index in [0.717, 1.165) is 16.7 Å². The number of carbonyl (C=O) groups excluding carboxylic acids is 2. The van der Waals surface area contributed by atoms with Crippen molar-refractivity contribution in [3.63, 3.8) is 0 Å². The monoisotopic (exact) mass is 470 g/mol. The number of aliphatic hydroxyl groups is 1. The largest absolute Gasteiger partial charge is 0.394 e. The Bertz CT molecular complexity index is 1290. The molecule has 1 aromatic heterocycles. The van der Waals surface area contributed by atoms with Crippen molar-refractivity contribution in [2.45, 2.75) is 18.0 Å². The maximum absolute atomic E-state index is 13.1. The van der Waals surface area contributed by atoms with Gasteiger partial charge in [-0.25, -0.2) is 9.18 Å². The van der Waals surface area contributed by atoms with Crippen molar-refractivity contribution in [2.24, 2.45) is 0 Å². The minimum absolute atomic E-state index is 0.0738. The fourth-order valence-corrected chi connectivity index (χ4v) is 4.76. The third-order valence-corrected chi connectivity index (χ3v) is 6.44. The number of aliphatic hydroxyl groups excluding tert-OH is 1. The molecule has 2 fully saturated rings. The minimum atomic E-state index is -0.420. The van der Waals surface area contributed by atoms with Crippen molar-refractivity contribution < 1.29 is 19.1 Å². The lowest BCUT2D eigenvalue weighted by atomic mass is 9.73. The Balaban J connectivity index is 1.30. The normalized spacial score (nSPS) is 20.9. The Morgan fingerprint density at radius 2 is 1.83 bits per heavy atom. The number of hydrogen-bond acceptors (Lipinski definition) is 4. The predicted molar refractivity (Wildman–Crippen MR) is 128 cm³/mol. The molecule has 3 amide bonds. The van der Waals surface area contributed by atoms with Crippen molar-refractivity contribution in [1.29, 1.82) is 0 Å². The molecule has 8 heteroatoms. The molecule has 3 heterocycles. The average molecular weight is 471 g/mol. The lowest BCUT2D eigenvalue weighted by Gasteiger charge is -2.58. The van der Waals surface area contributed by atoms with Gasteiger partial charge in [-0.05, 0) is 54.1 Å². The summed E-state index contributed by atoms with van der Waals surface area (Å²) in [5, 5.41) is 12.7. The molecule has 0 saturated carbocycles. The molecule has 7 nitrogen and oxygen atoms in total. The second-order valence-corrected chi connectivity index (χ2v) is 8.58. The number of aromatic nitrogens is 1. The van der Waals surface area contributed by atoms with Gasteiger partial charge in [-0.3, -0.25) is 9.78 Å². The summed E-state index contributed by atoms with van der Waals surface area (Å²) in [6.45, 7) is 0.107. The molecular formula is C27H23FN4O3. The smallest absolute Gasteiger partial charge is 0.322 e. The van der Waals surface area contributed by atoms with Gasteiger partial charge < -0.3 is 20.2 Å². The van der Waals surface area contributed by atoms with Crippen molar-refractivity contribution in [2.75, 3.05) is 25.0 Å². The Morgan fingerprint density at radius 3 is 2.51 bits per heavy atom. The molecule has 0 spiro atoms. The number of benzene rings is 2. The summed E-state index contributed by atoms with van der Waals surface area (Å²) in [6.07, 6.45) is 3.40. The topological polar surface area (TPSA) is 85.8 Å². The van der Waals surface area contributed by atoms with Gasteiger partial charge in [0.2, 0.25) is 5.91 Å². The van der Waals surface area contributed by atoms with E-state index in [4.69, 9.17) is 0 Å². The van der Waals surface area contributed by atoms with E-state index in [1.165, 1.54) is 29.2 Å². The Morgan fingerprint density at radius 1 is 1.09 bits per heavy atom. The van der Waals surface area contributed by atoms with Gasteiger partial charge in [-0.2, -0.15) is 0 Å². The maximum atomic E-state index is 13.1. The fraction of sp³-hybridized carbons (Fsp3) is 0.222. The lowest BCUT2D eigenvalue weighted by molar-refractivity contribution is -0.159. The van der Waals surface area contributed by atoms with E-state index in [1.54, 1.807) is 17.3 Å². The third-order valence-electron chi connectivity index (χ3n) is 6.44. The number of halogens is 1. The van der Waals surface area contributed by atoms with Gasteiger partial charge in [0.25, 0.3) is 0 Å². The molecule has 0 bridgehead atoms. The van der Waals surface area contributed by atoms with E-state index < -0.39 is 11.8 Å². The second kappa shape index (κ2) is 9.57. The van der Waals surface area contributed by atoms with Crippen LogP contribution in [0.2, 0.25) is 0 Å². The number of hydrogen-bond donors (Lipinski definition) is 2. The first-order valence-electron chi connectivity index (χ1n) is 11.3. The van der Waals surface area contributed by atoms with Crippen LogP contribution in [-0.4, -0.2) is 63.6 Å². The Labute approximate surface area is 202 Å². The minimum Gasteiger partial charge on any atom is -0.394 e. The third kappa shape index (κ3) is 4.59. The van der Waals surface area contributed by atoms with E-state index in [1.807, 2.05) is 36.4 Å². The molecule has 3 aromatic rings. The van der Waals surface area contributed by atoms with E-state index in [0.29, 0.717) is 12.2 Å². The quantitative estimate of drug-likeness (QED) is 0.577. The molecule has 0 unspecified atom stereocenters. The average Bonchev–Trinajstić information content (AvgIpc) is 2.86. The van der Waals surface area contributed by atoms with Crippen LogP contribution in [0.1, 0.15) is 22.6 Å². The summed E-state index contributed by atoms with van der Waals surface area (Å²) in [7, 11) is 0. The van der Waals surface area contributed by atoms with E-state index in [-0.39, 0.29) is 37.1 Å². The van der Waals surface area contributed by atoms with Crippen LogP contribution in [0, 0.1) is 17.7 Å². The molecule has 0 radical (unpaired) electrons. The molecule has 2 aliphatic heterocycles. The standard InChI is InChI=1S/C27H23FN4O3/c28-21-9-11-22(12-10-21)30-27(35)31-15-23-26(24(17-33)32(23)25(34)16-31)20-7-5-18(6-8-20)3-4-19-2-1-13-29-14-19/h1-2,5-14,23-24,26,33H,15-17H2,(H,30,35)/t23-,24+,26-/m1/s1. The molecule has 0 aliphatic carbocycles. The molecule has 2 saturated heterocycles. The van der Waals surface area contributed by atoms with Crippen LogP contribution < -0.4 is 5.32 Å². The van der Waals surface area contributed by atoms with Crippen molar-refractivity contribution in [1.82, 2.24) is 14.8 Å².